The summed E-state index contributed by atoms with van der Waals surface area (Å²) >= 11 is 0. The molecular formula is C22H12N4O. The van der Waals surface area contributed by atoms with Crippen LogP contribution in [0.25, 0.3) is 39.1 Å². The Balaban J connectivity index is 1.81. The first kappa shape index (κ1) is 14.3. The lowest BCUT2D eigenvalue weighted by molar-refractivity contribution is 0.104. The van der Waals surface area contributed by atoms with E-state index >= 15 is 0 Å². The third-order valence-electron chi connectivity index (χ3n) is 5.13. The number of carbonyl (C=O) groups is 1. The number of aromatic nitrogens is 4. The van der Waals surface area contributed by atoms with E-state index in [2.05, 4.69) is 33.3 Å². The zero-order chi connectivity index (χ0) is 18.0. The Kier molecular flexibility index (Phi) is 2.69. The van der Waals surface area contributed by atoms with Gasteiger partial charge in [0.15, 0.2) is 5.78 Å². The van der Waals surface area contributed by atoms with E-state index in [9.17, 15) is 4.79 Å². The highest BCUT2D eigenvalue weighted by atomic mass is 16.1. The Hall–Kier alpha value is -3.86. The maximum absolute atomic E-state index is 13.3. The number of ketones is 1. The van der Waals surface area contributed by atoms with Crippen LogP contribution in [0.2, 0.25) is 0 Å². The second-order valence-electron chi connectivity index (χ2n) is 6.56. The van der Waals surface area contributed by atoms with Crippen LogP contribution >= 0.6 is 0 Å². The van der Waals surface area contributed by atoms with Crippen molar-refractivity contribution in [2.45, 2.75) is 0 Å². The first-order valence-corrected chi connectivity index (χ1v) is 8.69. The van der Waals surface area contributed by atoms with Gasteiger partial charge in [0.2, 0.25) is 0 Å². The summed E-state index contributed by atoms with van der Waals surface area (Å²) in [6.07, 6.45) is 1.47. The molecule has 27 heavy (non-hydrogen) atoms. The van der Waals surface area contributed by atoms with Gasteiger partial charge in [-0.25, -0.2) is 4.98 Å². The van der Waals surface area contributed by atoms with Gasteiger partial charge < -0.3 is 0 Å². The van der Waals surface area contributed by atoms with Crippen molar-refractivity contribution in [2.24, 2.45) is 0 Å². The summed E-state index contributed by atoms with van der Waals surface area (Å²) < 4.78 is 1.67. The van der Waals surface area contributed by atoms with Gasteiger partial charge in [0.05, 0.1) is 17.0 Å². The molecule has 0 saturated heterocycles. The van der Waals surface area contributed by atoms with Gasteiger partial charge in [0.25, 0.3) is 5.78 Å². The van der Waals surface area contributed by atoms with Crippen LogP contribution in [0, 0.1) is 0 Å². The van der Waals surface area contributed by atoms with Crippen LogP contribution in [0.15, 0.2) is 73.1 Å². The molecule has 0 saturated carbocycles. The maximum Gasteiger partial charge on any atom is 0.253 e. The smallest absolute Gasteiger partial charge is 0.253 e. The number of fused-ring (bicyclic) bond motifs is 5. The van der Waals surface area contributed by atoms with Crippen molar-refractivity contribution in [1.82, 2.24) is 19.6 Å². The monoisotopic (exact) mass is 348 g/mol. The van der Waals surface area contributed by atoms with Crippen LogP contribution in [-0.4, -0.2) is 25.4 Å². The molecule has 0 radical (unpaired) electrons. The Morgan fingerprint density at radius 3 is 2.44 bits per heavy atom. The molecule has 0 unspecified atom stereocenters. The fourth-order valence-corrected chi connectivity index (χ4v) is 3.96. The molecule has 0 aliphatic heterocycles. The van der Waals surface area contributed by atoms with Crippen LogP contribution in [0.5, 0.6) is 0 Å². The molecule has 2 heterocycles. The van der Waals surface area contributed by atoms with Crippen molar-refractivity contribution < 1.29 is 4.79 Å². The molecule has 6 rings (SSSR count). The molecule has 0 N–H and O–H groups in total. The zero-order valence-electron chi connectivity index (χ0n) is 14.1. The van der Waals surface area contributed by atoms with Crippen LogP contribution in [0.1, 0.15) is 15.9 Å². The molecule has 5 aromatic rings. The van der Waals surface area contributed by atoms with Crippen molar-refractivity contribution in [3.63, 3.8) is 0 Å². The maximum atomic E-state index is 13.3. The van der Waals surface area contributed by atoms with Gasteiger partial charge in [0.1, 0.15) is 6.33 Å². The van der Waals surface area contributed by atoms with Gasteiger partial charge in [-0.15, -0.1) is 0 Å². The molecule has 5 heteroatoms. The quantitative estimate of drug-likeness (QED) is 0.448. The number of hydrogen-bond donors (Lipinski definition) is 0. The lowest BCUT2D eigenvalue weighted by Crippen LogP contribution is -2.06. The van der Waals surface area contributed by atoms with Gasteiger partial charge in [-0.3, -0.25) is 4.79 Å². The minimum atomic E-state index is -0.0200. The summed E-state index contributed by atoms with van der Waals surface area (Å²) in [7, 11) is 0. The van der Waals surface area contributed by atoms with Crippen molar-refractivity contribution in [1.29, 1.82) is 0 Å². The lowest BCUT2D eigenvalue weighted by atomic mass is 9.97. The molecule has 126 valence electrons. The van der Waals surface area contributed by atoms with Crippen molar-refractivity contribution >= 4 is 22.3 Å². The normalized spacial score (nSPS) is 12.5. The SMILES string of the molecule is O=C1c2ccccc2-c2nc3ncnn3c(-c3cccc4ccccc34)c21. The molecule has 0 fully saturated rings. The van der Waals surface area contributed by atoms with E-state index in [4.69, 9.17) is 0 Å². The van der Waals surface area contributed by atoms with E-state index in [1.807, 2.05) is 48.5 Å². The van der Waals surface area contributed by atoms with Gasteiger partial charge in [-0.05, 0) is 10.8 Å². The van der Waals surface area contributed by atoms with Crippen molar-refractivity contribution in [2.75, 3.05) is 0 Å². The lowest BCUT2D eigenvalue weighted by Gasteiger charge is -2.12. The topological polar surface area (TPSA) is 60.2 Å². The van der Waals surface area contributed by atoms with Crippen LogP contribution in [0.4, 0.5) is 0 Å². The molecule has 0 amide bonds. The highest BCUT2D eigenvalue weighted by molar-refractivity contribution is 6.24. The van der Waals surface area contributed by atoms with Gasteiger partial charge >= 0.3 is 0 Å². The summed E-state index contributed by atoms with van der Waals surface area (Å²) in [6.45, 7) is 0. The highest BCUT2D eigenvalue weighted by Gasteiger charge is 2.33. The highest BCUT2D eigenvalue weighted by Crippen LogP contribution is 2.41. The van der Waals surface area contributed by atoms with Crippen LogP contribution < -0.4 is 0 Å². The van der Waals surface area contributed by atoms with E-state index in [0.29, 0.717) is 22.6 Å². The molecule has 1 aliphatic carbocycles. The molecule has 0 bridgehead atoms. The second-order valence-corrected chi connectivity index (χ2v) is 6.56. The summed E-state index contributed by atoms with van der Waals surface area (Å²) in [5.41, 5.74) is 4.48. The Labute approximate surface area is 153 Å². The second kappa shape index (κ2) is 5.08. The molecule has 5 nitrogen and oxygen atoms in total. The Morgan fingerprint density at radius 1 is 0.778 bits per heavy atom. The number of carbonyl (C=O) groups excluding carboxylic acids is 1. The van der Waals surface area contributed by atoms with E-state index < -0.39 is 0 Å². The fraction of sp³-hybridized carbons (Fsp3) is 0. The summed E-state index contributed by atoms with van der Waals surface area (Å²) in [4.78, 5) is 22.2. The summed E-state index contributed by atoms with van der Waals surface area (Å²) in [5.74, 6) is 0.467. The first-order chi connectivity index (χ1) is 13.3. The van der Waals surface area contributed by atoms with E-state index in [-0.39, 0.29) is 5.78 Å². The number of benzene rings is 3. The molecule has 3 aromatic carbocycles. The summed E-state index contributed by atoms with van der Waals surface area (Å²) in [6, 6.07) is 21.8. The third-order valence-corrected chi connectivity index (χ3v) is 5.13. The Bertz CT molecular complexity index is 1400. The molecule has 0 atom stereocenters. The average Bonchev–Trinajstić information content (AvgIpc) is 3.30. The fourth-order valence-electron chi connectivity index (χ4n) is 3.96. The number of rotatable bonds is 1. The van der Waals surface area contributed by atoms with Crippen molar-refractivity contribution in [3.8, 4) is 22.5 Å². The molecule has 2 aromatic heterocycles. The predicted octanol–water partition coefficient (Wildman–Crippen LogP) is 4.16. The van der Waals surface area contributed by atoms with Crippen LogP contribution in [-0.2, 0) is 0 Å². The minimum Gasteiger partial charge on any atom is -0.288 e. The van der Waals surface area contributed by atoms with Crippen molar-refractivity contribution in [3.05, 3.63) is 84.2 Å². The number of nitrogens with zero attached hydrogens (tertiary/aromatic N) is 4. The largest absolute Gasteiger partial charge is 0.288 e. The molecule has 0 spiro atoms. The number of hydrogen-bond acceptors (Lipinski definition) is 4. The summed E-state index contributed by atoms with van der Waals surface area (Å²) in [5, 5.41) is 6.54. The van der Waals surface area contributed by atoms with Gasteiger partial charge in [-0.2, -0.15) is 14.6 Å². The average molecular weight is 348 g/mol. The minimum absolute atomic E-state index is 0.0200. The standard InChI is InChI=1S/C22H12N4O/c27-21-17-10-4-3-9-15(17)19-18(21)20(26-22(25-19)23-12-24-26)16-11-5-7-13-6-1-2-8-14(13)16/h1-12H. The molecule has 1 aliphatic rings. The third kappa shape index (κ3) is 1.83. The first-order valence-electron chi connectivity index (χ1n) is 8.69. The zero-order valence-corrected chi connectivity index (χ0v) is 14.1. The van der Waals surface area contributed by atoms with E-state index in [0.717, 1.165) is 27.6 Å². The van der Waals surface area contributed by atoms with Crippen LogP contribution in [0.3, 0.4) is 0 Å². The molecular weight excluding hydrogens is 336 g/mol. The van der Waals surface area contributed by atoms with E-state index in [1.54, 1.807) is 4.52 Å². The van der Waals surface area contributed by atoms with Gasteiger partial charge in [-0.1, -0.05) is 66.7 Å². The Morgan fingerprint density at radius 2 is 1.52 bits per heavy atom. The van der Waals surface area contributed by atoms with E-state index in [1.165, 1.54) is 6.33 Å². The van der Waals surface area contributed by atoms with Gasteiger partial charge in [0, 0.05) is 16.7 Å². The predicted molar refractivity (Wildman–Crippen MR) is 103 cm³/mol.